The third-order valence-electron chi connectivity index (χ3n) is 5.20. The Hall–Kier alpha value is -2.36. The summed E-state index contributed by atoms with van der Waals surface area (Å²) >= 11 is 0. The molecular weight excluding hydrogens is 356 g/mol. The molecular formula is C23H24ClN2O-. The summed E-state index contributed by atoms with van der Waals surface area (Å²) in [4.78, 5) is 17.2. The van der Waals surface area contributed by atoms with E-state index in [-0.39, 0.29) is 18.3 Å². The maximum atomic E-state index is 12.8. The number of rotatable bonds is 4. The van der Waals surface area contributed by atoms with Gasteiger partial charge in [0.1, 0.15) is 0 Å². The molecule has 4 heteroatoms. The molecule has 27 heavy (non-hydrogen) atoms. The highest BCUT2D eigenvalue weighted by Gasteiger charge is 2.21. The summed E-state index contributed by atoms with van der Waals surface area (Å²) in [6, 6.07) is 25.1. The van der Waals surface area contributed by atoms with E-state index in [4.69, 9.17) is 0 Å². The van der Waals surface area contributed by atoms with Gasteiger partial charge in [0.25, 0.3) is 0 Å². The Bertz CT molecular complexity index is 884. The van der Waals surface area contributed by atoms with Crippen LogP contribution in [-0.2, 0) is 17.8 Å². The van der Waals surface area contributed by atoms with E-state index in [1.54, 1.807) is 0 Å². The van der Waals surface area contributed by atoms with Gasteiger partial charge < -0.3 is 17.3 Å². The van der Waals surface area contributed by atoms with Gasteiger partial charge in [0.2, 0.25) is 5.91 Å². The molecule has 1 amide bonds. The van der Waals surface area contributed by atoms with Crippen molar-refractivity contribution in [2.75, 3.05) is 26.2 Å². The van der Waals surface area contributed by atoms with E-state index in [0.29, 0.717) is 6.42 Å². The standard InChI is InChI=1S/C23H24N2O.ClH/c26-23(17-21-11-6-10-20-9-4-5-12-22(20)21)25-15-13-24(14-16-25)18-19-7-2-1-3-8-19;/h1-12H,13-18H2;1H/p-1. The predicted octanol–water partition coefficient (Wildman–Crippen LogP) is 0.731. The Morgan fingerprint density at radius 2 is 1.44 bits per heavy atom. The molecule has 0 unspecified atom stereocenters. The molecule has 3 nitrogen and oxygen atoms in total. The van der Waals surface area contributed by atoms with Gasteiger partial charge in [-0.1, -0.05) is 72.8 Å². The van der Waals surface area contributed by atoms with Gasteiger partial charge in [-0.3, -0.25) is 9.69 Å². The molecule has 3 aromatic carbocycles. The summed E-state index contributed by atoms with van der Waals surface area (Å²) in [6.45, 7) is 4.48. The van der Waals surface area contributed by atoms with Crippen molar-refractivity contribution in [1.29, 1.82) is 0 Å². The third-order valence-corrected chi connectivity index (χ3v) is 5.20. The summed E-state index contributed by atoms with van der Waals surface area (Å²) in [7, 11) is 0. The zero-order chi connectivity index (χ0) is 17.8. The monoisotopic (exact) mass is 379 g/mol. The van der Waals surface area contributed by atoms with E-state index in [0.717, 1.165) is 38.3 Å². The van der Waals surface area contributed by atoms with Gasteiger partial charge >= 0.3 is 0 Å². The van der Waals surface area contributed by atoms with Crippen molar-refractivity contribution >= 4 is 16.7 Å². The molecule has 1 heterocycles. The van der Waals surface area contributed by atoms with Gasteiger partial charge in [0, 0.05) is 32.7 Å². The van der Waals surface area contributed by atoms with Crippen molar-refractivity contribution in [2.24, 2.45) is 0 Å². The van der Waals surface area contributed by atoms with Gasteiger partial charge in [-0.15, -0.1) is 0 Å². The molecule has 140 valence electrons. The summed E-state index contributed by atoms with van der Waals surface area (Å²) < 4.78 is 0. The van der Waals surface area contributed by atoms with Crippen LogP contribution in [0.2, 0.25) is 0 Å². The number of hydrogen-bond acceptors (Lipinski definition) is 2. The van der Waals surface area contributed by atoms with Crippen molar-refractivity contribution in [3.8, 4) is 0 Å². The third kappa shape index (κ3) is 4.68. The molecule has 0 aliphatic carbocycles. The van der Waals surface area contributed by atoms with Crippen molar-refractivity contribution in [3.05, 3.63) is 83.9 Å². The van der Waals surface area contributed by atoms with E-state index in [9.17, 15) is 4.79 Å². The van der Waals surface area contributed by atoms with E-state index >= 15 is 0 Å². The largest absolute Gasteiger partial charge is 1.00 e. The molecule has 0 aromatic heterocycles. The van der Waals surface area contributed by atoms with Crippen LogP contribution in [0.5, 0.6) is 0 Å². The highest BCUT2D eigenvalue weighted by molar-refractivity contribution is 5.90. The lowest BCUT2D eigenvalue weighted by atomic mass is 10.0. The molecule has 0 bridgehead atoms. The molecule has 3 aromatic rings. The number of carbonyl (C=O) groups excluding carboxylic acids is 1. The Kier molecular flexibility index (Phi) is 6.49. The molecule has 0 atom stereocenters. The quantitative estimate of drug-likeness (QED) is 0.667. The second-order valence-corrected chi connectivity index (χ2v) is 6.96. The highest BCUT2D eigenvalue weighted by Crippen LogP contribution is 2.20. The summed E-state index contributed by atoms with van der Waals surface area (Å²) in [5.41, 5.74) is 2.46. The Balaban J connectivity index is 0.00000210. The SMILES string of the molecule is O=C(Cc1cccc2ccccc12)N1CCN(Cc2ccccc2)CC1.[Cl-]. The fourth-order valence-electron chi connectivity index (χ4n) is 3.72. The predicted molar refractivity (Wildman–Crippen MR) is 106 cm³/mol. The maximum absolute atomic E-state index is 12.8. The number of fused-ring (bicyclic) bond motifs is 1. The molecule has 1 saturated heterocycles. The van der Waals surface area contributed by atoms with Crippen molar-refractivity contribution in [3.63, 3.8) is 0 Å². The van der Waals surface area contributed by atoms with Crippen LogP contribution < -0.4 is 12.4 Å². The molecule has 0 saturated carbocycles. The Labute approximate surface area is 167 Å². The minimum Gasteiger partial charge on any atom is -1.00 e. The van der Waals surface area contributed by atoms with Crippen molar-refractivity contribution in [1.82, 2.24) is 9.80 Å². The lowest BCUT2D eigenvalue weighted by molar-refractivity contribution is -0.132. The summed E-state index contributed by atoms with van der Waals surface area (Å²) in [6.07, 6.45) is 0.486. The molecule has 1 aliphatic rings. The zero-order valence-electron chi connectivity index (χ0n) is 15.4. The minimum absolute atomic E-state index is 0. The van der Waals surface area contributed by atoms with E-state index < -0.39 is 0 Å². The second kappa shape index (κ2) is 9.03. The molecule has 0 N–H and O–H groups in total. The van der Waals surface area contributed by atoms with Crippen LogP contribution in [-0.4, -0.2) is 41.9 Å². The topological polar surface area (TPSA) is 23.6 Å². The first-order chi connectivity index (χ1) is 12.8. The van der Waals surface area contributed by atoms with Crippen LogP contribution in [0.15, 0.2) is 72.8 Å². The number of amides is 1. The van der Waals surface area contributed by atoms with Gasteiger partial charge in [-0.25, -0.2) is 0 Å². The van der Waals surface area contributed by atoms with Crippen LogP contribution in [0.4, 0.5) is 0 Å². The lowest BCUT2D eigenvalue weighted by Gasteiger charge is -2.35. The number of nitrogens with zero attached hydrogens (tertiary/aromatic N) is 2. The average molecular weight is 380 g/mol. The summed E-state index contributed by atoms with van der Waals surface area (Å²) in [5.74, 6) is 0.237. The van der Waals surface area contributed by atoms with Gasteiger partial charge in [0.15, 0.2) is 0 Å². The summed E-state index contributed by atoms with van der Waals surface area (Å²) in [5, 5.41) is 2.39. The van der Waals surface area contributed by atoms with Crippen LogP contribution >= 0.6 is 0 Å². The van der Waals surface area contributed by atoms with Crippen LogP contribution in [0.3, 0.4) is 0 Å². The van der Waals surface area contributed by atoms with E-state index in [2.05, 4.69) is 53.4 Å². The van der Waals surface area contributed by atoms with Crippen molar-refractivity contribution < 1.29 is 17.2 Å². The van der Waals surface area contributed by atoms with Crippen LogP contribution in [0.25, 0.3) is 10.8 Å². The first kappa shape index (κ1) is 19.4. The molecule has 0 radical (unpaired) electrons. The number of halogens is 1. The minimum atomic E-state index is 0. The zero-order valence-corrected chi connectivity index (χ0v) is 16.1. The molecule has 1 aliphatic heterocycles. The fourth-order valence-corrected chi connectivity index (χ4v) is 3.72. The smallest absolute Gasteiger partial charge is 0.227 e. The van der Waals surface area contributed by atoms with Crippen molar-refractivity contribution in [2.45, 2.75) is 13.0 Å². The van der Waals surface area contributed by atoms with Crippen LogP contribution in [0.1, 0.15) is 11.1 Å². The normalized spacial score (nSPS) is 14.7. The first-order valence-corrected chi connectivity index (χ1v) is 9.30. The lowest BCUT2D eigenvalue weighted by Crippen LogP contribution is -3.00. The number of benzene rings is 3. The van der Waals surface area contributed by atoms with Gasteiger partial charge in [-0.2, -0.15) is 0 Å². The molecule has 1 fully saturated rings. The van der Waals surface area contributed by atoms with E-state index in [1.165, 1.54) is 16.3 Å². The second-order valence-electron chi connectivity index (χ2n) is 6.96. The van der Waals surface area contributed by atoms with E-state index in [1.807, 2.05) is 29.2 Å². The fraction of sp³-hybridized carbons (Fsp3) is 0.261. The maximum Gasteiger partial charge on any atom is 0.227 e. The number of piperazine rings is 1. The Morgan fingerprint density at radius 3 is 2.22 bits per heavy atom. The van der Waals surface area contributed by atoms with Gasteiger partial charge in [0.05, 0.1) is 6.42 Å². The number of hydrogen-bond donors (Lipinski definition) is 0. The molecule has 4 rings (SSSR count). The number of carbonyl (C=O) groups is 1. The van der Waals surface area contributed by atoms with Crippen LogP contribution in [0, 0.1) is 0 Å². The first-order valence-electron chi connectivity index (χ1n) is 9.30. The highest BCUT2D eigenvalue weighted by atomic mass is 35.5. The molecule has 0 spiro atoms. The Morgan fingerprint density at radius 1 is 0.778 bits per heavy atom. The van der Waals surface area contributed by atoms with Gasteiger partial charge in [-0.05, 0) is 21.9 Å². The average Bonchev–Trinajstić information content (AvgIpc) is 2.70.